The van der Waals surface area contributed by atoms with Crippen molar-refractivity contribution in [2.45, 2.75) is 25.7 Å². The van der Waals surface area contributed by atoms with E-state index >= 15 is 0 Å². The SMILES string of the molecule is Cl.FC(F)(F)c1cccc(-c2ccc(CNCCCn3ccnc3)o2)c1. The number of benzene rings is 1. The quantitative estimate of drug-likeness (QED) is 0.596. The highest BCUT2D eigenvalue weighted by Crippen LogP contribution is 2.32. The molecule has 1 aromatic carbocycles. The Bertz CT molecular complexity index is 800. The van der Waals surface area contributed by atoms with Crippen LogP contribution in [-0.4, -0.2) is 16.1 Å². The van der Waals surface area contributed by atoms with E-state index in [-0.39, 0.29) is 12.4 Å². The van der Waals surface area contributed by atoms with Gasteiger partial charge in [-0.15, -0.1) is 12.4 Å². The lowest BCUT2D eigenvalue weighted by Gasteiger charge is -2.07. The van der Waals surface area contributed by atoms with Crippen LogP contribution in [0.1, 0.15) is 17.7 Å². The second-order valence-corrected chi connectivity index (χ2v) is 5.68. The van der Waals surface area contributed by atoms with Gasteiger partial charge >= 0.3 is 6.18 Å². The first-order valence-corrected chi connectivity index (χ1v) is 7.95. The molecule has 3 aromatic rings. The maximum absolute atomic E-state index is 12.8. The van der Waals surface area contributed by atoms with Crippen LogP contribution in [0.15, 0.2) is 59.5 Å². The summed E-state index contributed by atoms with van der Waals surface area (Å²) in [6.45, 7) is 2.21. The average molecular weight is 386 g/mol. The number of halogens is 4. The molecule has 0 aliphatic heterocycles. The molecule has 8 heteroatoms. The van der Waals surface area contributed by atoms with Crippen LogP contribution in [0.2, 0.25) is 0 Å². The van der Waals surface area contributed by atoms with Crippen LogP contribution in [0.3, 0.4) is 0 Å². The van der Waals surface area contributed by atoms with Gasteiger partial charge in [-0.25, -0.2) is 4.98 Å². The molecule has 2 aromatic heterocycles. The van der Waals surface area contributed by atoms with Crippen molar-refractivity contribution in [2.75, 3.05) is 6.54 Å². The van der Waals surface area contributed by atoms with Crippen LogP contribution in [0.4, 0.5) is 13.2 Å². The predicted molar refractivity (Wildman–Crippen MR) is 94.9 cm³/mol. The third-order valence-corrected chi connectivity index (χ3v) is 3.76. The molecule has 0 saturated heterocycles. The highest BCUT2D eigenvalue weighted by atomic mass is 35.5. The summed E-state index contributed by atoms with van der Waals surface area (Å²) in [6, 6.07) is 8.61. The first-order valence-electron chi connectivity index (χ1n) is 7.95. The molecule has 0 bridgehead atoms. The molecule has 0 radical (unpaired) electrons. The van der Waals surface area contributed by atoms with Gasteiger partial charge in [-0.3, -0.25) is 0 Å². The summed E-state index contributed by atoms with van der Waals surface area (Å²) in [7, 11) is 0. The number of nitrogens with one attached hydrogen (secondary N) is 1. The summed E-state index contributed by atoms with van der Waals surface area (Å²) >= 11 is 0. The minimum Gasteiger partial charge on any atom is -0.460 e. The van der Waals surface area contributed by atoms with Gasteiger partial charge in [0.2, 0.25) is 0 Å². The van der Waals surface area contributed by atoms with Gasteiger partial charge in [-0.2, -0.15) is 13.2 Å². The summed E-state index contributed by atoms with van der Waals surface area (Å²) in [5, 5.41) is 3.26. The van der Waals surface area contributed by atoms with Gasteiger partial charge in [0.25, 0.3) is 0 Å². The van der Waals surface area contributed by atoms with Crippen molar-refractivity contribution in [1.82, 2.24) is 14.9 Å². The highest BCUT2D eigenvalue weighted by molar-refractivity contribution is 5.85. The van der Waals surface area contributed by atoms with E-state index < -0.39 is 11.7 Å². The van der Waals surface area contributed by atoms with Gasteiger partial charge in [0, 0.05) is 24.5 Å². The van der Waals surface area contributed by atoms with Crippen LogP contribution in [0.5, 0.6) is 0 Å². The Kier molecular flexibility index (Phi) is 6.88. The number of furan rings is 1. The topological polar surface area (TPSA) is 43.0 Å². The van der Waals surface area contributed by atoms with Crippen LogP contribution >= 0.6 is 12.4 Å². The standard InChI is InChI=1S/C18H18F3N3O.ClH/c19-18(20,21)15-4-1-3-14(11-15)17-6-5-16(25-17)12-22-7-2-9-24-10-8-23-13-24;/h1,3-6,8,10-11,13,22H,2,7,9,12H2;1H. The Morgan fingerprint density at radius 2 is 2.00 bits per heavy atom. The van der Waals surface area contributed by atoms with E-state index in [1.165, 1.54) is 6.07 Å². The van der Waals surface area contributed by atoms with E-state index in [0.29, 0.717) is 23.6 Å². The number of hydrogen-bond acceptors (Lipinski definition) is 3. The zero-order valence-electron chi connectivity index (χ0n) is 13.9. The van der Waals surface area contributed by atoms with E-state index in [0.717, 1.165) is 31.6 Å². The van der Waals surface area contributed by atoms with E-state index in [9.17, 15) is 13.2 Å². The van der Waals surface area contributed by atoms with Crippen LogP contribution in [-0.2, 0) is 19.3 Å². The summed E-state index contributed by atoms with van der Waals surface area (Å²) in [4.78, 5) is 3.98. The summed E-state index contributed by atoms with van der Waals surface area (Å²) in [5.41, 5.74) is -0.262. The van der Waals surface area contributed by atoms with Crippen molar-refractivity contribution >= 4 is 12.4 Å². The van der Waals surface area contributed by atoms with Crippen LogP contribution in [0.25, 0.3) is 11.3 Å². The zero-order chi connectivity index (χ0) is 17.7. The third-order valence-electron chi connectivity index (χ3n) is 3.76. The molecule has 0 atom stereocenters. The Labute approximate surface area is 155 Å². The summed E-state index contributed by atoms with van der Waals surface area (Å²) in [5.74, 6) is 1.12. The van der Waals surface area contributed by atoms with Gasteiger partial charge in [-0.1, -0.05) is 12.1 Å². The number of alkyl halides is 3. The zero-order valence-corrected chi connectivity index (χ0v) is 14.7. The van der Waals surface area contributed by atoms with Crippen molar-refractivity contribution in [2.24, 2.45) is 0 Å². The third kappa shape index (κ3) is 5.37. The molecule has 26 heavy (non-hydrogen) atoms. The highest BCUT2D eigenvalue weighted by Gasteiger charge is 2.30. The fourth-order valence-corrected chi connectivity index (χ4v) is 2.49. The molecule has 1 N–H and O–H groups in total. The molecule has 4 nitrogen and oxygen atoms in total. The smallest absolute Gasteiger partial charge is 0.416 e. The lowest BCUT2D eigenvalue weighted by Crippen LogP contribution is -2.15. The van der Waals surface area contributed by atoms with E-state index in [4.69, 9.17) is 4.42 Å². The Hall–Kier alpha value is -2.25. The van der Waals surface area contributed by atoms with Gasteiger partial charge in [0.1, 0.15) is 11.5 Å². The van der Waals surface area contributed by atoms with Crippen molar-refractivity contribution in [3.8, 4) is 11.3 Å². The predicted octanol–water partition coefficient (Wildman–Crippen LogP) is 4.76. The molecular formula is C18H19ClF3N3O. The number of imidazole rings is 1. The second kappa shape index (κ2) is 8.91. The summed E-state index contributed by atoms with van der Waals surface area (Å²) in [6.07, 6.45) is 2.01. The summed E-state index contributed by atoms with van der Waals surface area (Å²) < 4.78 is 46.0. The second-order valence-electron chi connectivity index (χ2n) is 5.68. The monoisotopic (exact) mass is 385 g/mol. The molecule has 0 amide bonds. The van der Waals surface area contributed by atoms with E-state index in [2.05, 4.69) is 10.3 Å². The number of rotatable bonds is 7. The number of aromatic nitrogens is 2. The molecule has 140 valence electrons. The normalized spacial score (nSPS) is 11.3. The minimum atomic E-state index is -4.36. The van der Waals surface area contributed by atoms with Crippen molar-refractivity contribution < 1.29 is 17.6 Å². The minimum absolute atomic E-state index is 0. The number of nitrogens with zero attached hydrogens (tertiary/aromatic N) is 2. The van der Waals surface area contributed by atoms with E-state index in [1.807, 2.05) is 10.8 Å². The Morgan fingerprint density at radius 1 is 1.15 bits per heavy atom. The molecule has 0 spiro atoms. The van der Waals surface area contributed by atoms with E-state index in [1.54, 1.807) is 30.7 Å². The molecule has 0 fully saturated rings. The van der Waals surface area contributed by atoms with Gasteiger partial charge in [-0.05, 0) is 37.2 Å². The average Bonchev–Trinajstić information content (AvgIpc) is 3.25. The number of aryl methyl sites for hydroxylation is 1. The molecule has 0 aliphatic rings. The molecular weight excluding hydrogens is 367 g/mol. The first kappa shape index (κ1) is 20.1. The van der Waals surface area contributed by atoms with Gasteiger partial charge in [0.15, 0.2) is 0 Å². The molecule has 3 rings (SSSR count). The van der Waals surface area contributed by atoms with Crippen LogP contribution < -0.4 is 5.32 Å². The molecule has 0 unspecified atom stereocenters. The van der Waals surface area contributed by atoms with Crippen molar-refractivity contribution in [3.63, 3.8) is 0 Å². The Balaban J connectivity index is 0.00000243. The fraction of sp³-hybridized carbons (Fsp3) is 0.278. The molecule has 0 saturated carbocycles. The molecule has 0 aliphatic carbocycles. The first-order chi connectivity index (χ1) is 12.0. The van der Waals surface area contributed by atoms with Gasteiger partial charge < -0.3 is 14.3 Å². The fourth-order valence-electron chi connectivity index (χ4n) is 2.49. The van der Waals surface area contributed by atoms with Gasteiger partial charge in [0.05, 0.1) is 18.4 Å². The van der Waals surface area contributed by atoms with Crippen molar-refractivity contribution in [1.29, 1.82) is 0 Å². The Morgan fingerprint density at radius 3 is 2.73 bits per heavy atom. The lowest BCUT2D eigenvalue weighted by molar-refractivity contribution is -0.137. The lowest BCUT2D eigenvalue weighted by atomic mass is 10.1. The van der Waals surface area contributed by atoms with Crippen molar-refractivity contribution in [3.05, 3.63) is 66.4 Å². The largest absolute Gasteiger partial charge is 0.460 e. The maximum Gasteiger partial charge on any atom is 0.416 e. The van der Waals surface area contributed by atoms with Crippen LogP contribution in [0, 0.1) is 0 Å². The number of hydrogen-bond donors (Lipinski definition) is 1. The maximum atomic E-state index is 12.8. The molecule has 2 heterocycles.